The molecule has 0 heterocycles. The van der Waals surface area contributed by atoms with Crippen LogP contribution in [0.3, 0.4) is 0 Å². The highest BCUT2D eigenvalue weighted by Crippen LogP contribution is 2.37. The maximum atomic E-state index is 12.5. The van der Waals surface area contributed by atoms with Crippen molar-refractivity contribution in [1.29, 1.82) is 0 Å². The van der Waals surface area contributed by atoms with Crippen LogP contribution in [-0.4, -0.2) is 11.6 Å². The summed E-state index contributed by atoms with van der Waals surface area (Å²) in [6, 6.07) is 5.86. The zero-order valence-electron chi connectivity index (χ0n) is 12.8. The number of rotatable bonds is 4. The Morgan fingerprint density at radius 1 is 1.43 bits per heavy atom. The standard InChI is InChI=1S/C17H22BrClO2/c1-17(2,3)21-16(20)13(12-5-4-6-12)9-11-7-8-15(19)14(18)10-11/h7-8,10,12-13H,4-6,9H2,1-3H3. The maximum Gasteiger partial charge on any atom is 0.310 e. The van der Waals surface area contributed by atoms with Crippen LogP contribution in [0.15, 0.2) is 22.7 Å². The molecule has 1 unspecified atom stereocenters. The van der Waals surface area contributed by atoms with E-state index in [0.29, 0.717) is 10.9 Å². The van der Waals surface area contributed by atoms with E-state index in [-0.39, 0.29) is 11.9 Å². The van der Waals surface area contributed by atoms with Crippen molar-refractivity contribution < 1.29 is 9.53 Å². The van der Waals surface area contributed by atoms with Crippen LogP contribution in [0.2, 0.25) is 5.02 Å². The molecular weight excluding hydrogens is 352 g/mol. The highest BCUT2D eigenvalue weighted by Gasteiger charge is 2.35. The summed E-state index contributed by atoms with van der Waals surface area (Å²) in [5.41, 5.74) is 0.689. The van der Waals surface area contributed by atoms with Gasteiger partial charge in [0.05, 0.1) is 10.9 Å². The van der Waals surface area contributed by atoms with Gasteiger partial charge in [-0.2, -0.15) is 0 Å². The maximum absolute atomic E-state index is 12.5. The summed E-state index contributed by atoms with van der Waals surface area (Å²) < 4.78 is 6.48. The Balaban J connectivity index is 2.12. The lowest BCUT2D eigenvalue weighted by molar-refractivity contribution is -0.163. The Hall–Kier alpha value is -0.540. The van der Waals surface area contributed by atoms with Gasteiger partial charge >= 0.3 is 5.97 Å². The Morgan fingerprint density at radius 2 is 2.10 bits per heavy atom. The molecule has 0 aliphatic heterocycles. The van der Waals surface area contributed by atoms with Crippen LogP contribution in [0.1, 0.15) is 45.6 Å². The van der Waals surface area contributed by atoms with Crippen molar-refractivity contribution in [1.82, 2.24) is 0 Å². The Labute approximate surface area is 140 Å². The van der Waals surface area contributed by atoms with Gasteiger partial charge in [0.15, 0.2) is 0 Å². The van der Waals surface area contributed by atoms with Crippen LogP contribution >= 0.6 is 27.5 Å². The van der Waals surface area contributed by atoms with Crippen LogP contribution in [0.25, 0.3) is 0 Å². The van der Waals surface area contributed by atoms with Crippen molar-refractivity contribution >= 4 is 33.5 Å². The molecule has 1 saturated carbocycles. The fraction of sp³-hybridized carbons (Fsp3) is 0.588. The van der Waals surface area contributed by atoms with E-state index in [1.165, 1.54) is 6.42 Å². The van der Waals surface area contributed by atoms with Gasteiger partial charge in [0.25, 0.3) is 0 Å². The van der Waals surface area contributed by atoms with Crippen molar-refractivity contribution in [2.45, 2.75) is 52.1 Å². The third kappa shape index (κ3) is 4.72. The minimum absolute atomic E-state index is 0.0500. The van der Waals surface area contributed by atoms with Crippen LogP contribution in [-0.2, 0) is 16.0 Å². The van der Waals surface area contributed by atoms with Gasteiger partial charge < -0.3 is 4.74 Å². The van der Waals surface area contributed by atoms with E-state index in [1.54, 1.807) is 0 Å². The molecule has 2 nitrogen and oxygen atoms in total. The van der Waals surface area contributed by atoms with Crippen LogP contribution in [0.5, 0.6) is 0 Å². The third-order valence-electron chi connectivity index (χ3n) is 3.87. The second kappa shape index (κ2) is 6.70. The van der Waals surface area contributed by atoms with E-state index in [2.05, 4.69) is 15.9 Å². The normalized spacial score (nSPS) is 17.2. The molecule has 1 aromatic carbocycles. The summed E-state index contributed by atoms with van der Waals surface area (Å²) in [6.45, 7) is 5.75. The molecule has 0 N–H and O–H groups in total. The van der Waals surface area contributed by atoms with E-state index in [4.69, 9.17) is 16.3 Å². The van der Waals surface area contributed by atoms with Gasteiger partial charge in [0.2, 0.25) is 0 Å². The van der Waals surface area contributed by atoms with E-state index in [9.17, 15) is 4.79 Å². The van der Waals surface area contributed by atoms with Gasteiger partial charge in [-0.15, -0.1) is 0 Å². The van der Waals surface area contributed by atoms with E-state index < -0.39 is 5.60 Å². The van der Waals surface area contributed by atoms with Crippen molar-refractivity contribution in [3.8, 4) is 0 Å². The number of carbonyl (C=O) groups excluding carboxylic acids is 1. The average molecular weight is 374 g/mol. The Kier molecular flexibility index (Phi) is 5.37. The predicted molar refractivity (Wildman–Crippen MR) is 89.5 cm³/mol. The molecule has 0 bridgehead atoms. The molecule has 21 heavy (non-hydrogen) atoms. The molecule has 1 aromatic rings. The molecule has 0 saturated heterocycles. The monoisotopic (exact) mass is 372 g/mol. The number of benzene rings is 1. The number of ether oxygens (including phenoxy) is 1. The number of carbonyl (C=O) groups is 1. The molecule has 0 aromatic heterocycles. The number of hydrogen-bond acceptors (Lipinski definition) is 2. The van der Waals surface area contributed by atoms with E-state index in [1.807, 2.05) is 39.0 Å². The second-order valence-electron chi connectivity index (χ2n) is 6.78. The first-order chi connectivity index (χ1) is 9.76. The SMILES string of the molecule is CC(C)(C)OC(=O)C(Cc1ccc(Cl)c(Br)c1)C1CCC1. The Bertz CT molecular complexity index is 518. The quantitative estimate of drug-likeness (QED) is 0.660. The smallest absolute Gasteiger partial charge is 0.310 e. The molecule has 2 rings (SSSR count). The third-order valence-corrected chi connectivity index (χ3v) is 5.08. The van der Waals surface area contributed by atoms with Crippen LogP contribution < -0.4 is 0 Å². The van der Waals surface area contributed by atoms with Gasteiger partial charge in [0.1, 0.15) is 5.60 Å². The molecule has 0 amide bonds. The average Bonchev–Trinajstić information content (AvgIpc) is 2.28. The summed E-state index contributed by atoms with van der Waals surface area (Å²) in [6.07, 6.45) is 4.18. The van der Waals surface area contributed by atoms with Crippen molar-refractivity contribution in [2.24, 2.45) is 11.8 Å². The lowest BCUT2D eigenvalue weighted by Gasteiger charge is -2.34. The first-order valence-electron chi connectivity index (χ1n) is 7.43. The Morgan fingerprint density at radius 3 is 2.57 bits per heavy atom. The van der Waals surface area contributed by atoms with E-state index in [0.717, 1.165) is 29.3 Å². The zero-order chi connectivity index (χ0) is 15.6. The summed E-state index contributed by atoms with van der Waals surface area (Å²) in [5, 5.41) is 0.691. The largest absolute Gasteiger partial charge is 0.460 e. The molecular formula is C17H22BrClO2. The molecule has 1 fully saturated rings. The van der Waals surface area contributed by atoms with Crippen LogP contribution in [0, 0.1) is 11.8 Å². The summed E-state index contributed by atoms with van der Waals surface area (Å²) in [7, 11) is 0. The minimum Gasteiger partial charge on any atom is -0.460 e. The molecule has 0 radical (unpaired) electrons. The number of halogens is 2. The van der Waals surface area contributed by atoms with E-state index >= 15 is 0 Å². The fourth-order valence-corrected chi connectivity index (χ4v) is 3.13. The molecule has 0 spiro atoms. The molecule has 1 atom stereocenters. The summed E-state index contributed by atoms with van der Waals surface area (Å²) in [4.78, 5) is 12.5. The molecule has 116 valence electrons. The van der Waals surface area contributed by atoms with Gasteiger partial charge in [-0.25, -0.2) is 0 Å². The highest BCUT2D eigenvalue weighted by atomic mass is 79.9. The lowest BCUT2D eigenvalue weighted by atomic mass is 9.73. The summed E-state index contributed by atoms with van der Waals surface area (Å²) in [5.74, 6) is 0.332. The first kappa shape index (κ1) is 16.8. The van der Waals surface area contributed by atoms with Crippen molar-refractivity contribution in [2.75, 3.05) is 0 Å². The van der Waals surface area contributed by atoms with Crippen molar-refractivity contribution in [3.05, 3.63) is 33.3 Å². The second-order valence-corrected chi connectivity index (χ2v) is 8.05. The molecule has 1 aliphatic carbocycles. The van der Waals surface area contributed by atoms with Gasteiger partial charge in [-0.1, -0.05) is 24.1 Å². The summed E-state index contributed by atoms with van der Waals surface area (Å²) >= 11 is 9.47. The first-order valence-corrected chi connectivity index (χ1v) is 8.60. The molecule has 4 heteroatoms. The lowest BCUT2D eigenvalue weighted by Crippen LogP contribution is -2.36. The highest BCUT2D eigenvalue weighted by molar-refractivity contribution is 9.10. The minimum atomic E-state index is -0.431. The predicted octanol–water partition coefficient (Wildman–Crippen LogP) is 5.40. The van der Waals surface area contributed by atoms with Gasteiger partial charge in [-0.05, 0) is 79.6 Å². The zero-order valence-corrected chi connectivity index (χ0v) is 15.1. The van der Waals surface area contributed by atoms with Crippen molar-refractivity contribution in [3.63, 3.8) is 0 Å². The van der Waals surface area contributed by atoms with Gasteiger partial charge in [-0.3, -0.25) is 4.79 Å². The fourth-order valence-electron chi connectivity index (χ4n) is 2.58. The molecule has 1 aliphatic rings. The van der Waals surface area contributed by atoms with Crippen LogP contribution in [0.4, 0.5) is 0 Å². The number of esters is 1. The van der Waals surface area contributed by atoms with Gasteiger partial charge in [0, 0.05) is 4.47 Å². The number of hydrogen-bond donors (Lipinski definition) is 0. The topological polar surface area (TPSA) is 26.3 Å².